The molecule has 0 unspecified atom stereocenters. The number of carbonyl (C=O) groups is 3. The van der Waals surface area contributed by atoms with E-state index in [1.807, 2.05) is 12.2 Å². The topological polar surface area (TPSA) is 108 Å². The number of benzene rings is 1. The number of amides is 3. The summed E-state index contributed by atoms with van der Waals surface area (Å²) in [4.78, 5) is 41.5. The average Bonchev–Trinajstić information content (AvgIpc) is 3.11. The van der Waals surface area contributed by atoms with Gasteiger partial charge in [0.05, 0.1) is 18.9 Å². The molecule has 0 aromatic heterocycles. The first kappa shape index (κ1) is 24.8. The lowest BCUT2D eigenvalue weighted by atomic mass is 9.68. The fourth-order valence-electron chi connectivity index (χ4n) is 5.16. The molecule has 1 aromatic rings. The molecule has 1 saturated heterocycles. The predicted octanol–water partition coefficient (Wildman–Crippen LogP) is 2.20. The lowest BCUT2D eigenvalue weighted by Gasteiger charge is -2.34. The van der Waals surface area contributed by atoms with Crippen LogP contribution in [0.25, 0.3) is 0 Å². The standard InChI is InChI=1S/C25H35N3O5/c1-4-7-16-8-13-19-21(20(16)23(30)26-2)25(32)28(14-5-6-15-29)22(19)24(31)27-17-9-11-18(33-3)12-10-17/h8-13,16,19-22,29H,4-7,14-15H2,1-3H3,(H,26,30)(H,27,31)/t16-,19+,20-,21+,22+/m1/s1. The smallest absolute Gasteiger partial charge is 0.247 e. The Morgan fingerprint density at radius 2 is 1.85 bits per heavy atom. The zero-order chi connectivity index (χ0) is 24.0. The minimum atomic E-state index is -0.714. The van der Waals surface area contributed by atoms with Crippen LogP contribution in [0.4, 0.5) is 5.69 Å². The van der Waals surface area contributed by atoms with Gasteiger partial charge in [-0.3, -0.25) is 14.4 Å². The van der Waals surface area contributed by atoms with E-state index in [9.17, 15) is 19.5 Å². The number of nitrogens with one attached hydrogen (secondary N) is 2. The van der Waals surface area contributed by atoms with Gasteiger partial charge in [-0.1, -0.05) is 25.5 Å². The Labute approximate surface area is 195 Å². The number of allylic oxidation sites excluding steroid dienone is 1. The van der Waals surface area contributed by atoms with Crippen molar-refractivity contribution in [2.24, 2.45) is 23.7 Å². The Hall–Kier alpha value is -2.87. The zero-order valence-electron chi connectivity index (χ0n) is 19.6. The Balaban J connectivity index is 1.92. The van der Waals surface area contributed by atoms with Crippen molar-refractivity contribution in [3.05, 3.63) is 36.4 Å². The van der Waals surface area contributed by atoms with Crippen LogP contribution in [0.15, 0.2) is 36.4 Å². The summed E-state index contributed by atoms with van der Waals surface area (Å²) in [6.45, 7) is 2.44. The summed E-state index contributed by atoms with van der Waals surface area (Å²) in [6.07, 6.45) is 6.81. The molecule has 8 nitrogen and oxygen atoms in total. The summed E-state index contributed by atoms with van der Waals surface area (Å²) in [5, 5.41) is 14.9. The molecule has 0 spiro atoms. The van der Waals surface area contributed by atoms with Crippen LogP contribution in [0, 0.1) is 23.7 Å². The second-order valence-corrected chi connectivity index (χ2v) is 8.71. The number of likely N-dealkylation sites (tertiary alicyclic amines) is 1. The molecule has 0 radical (unpaired) electrons. The number of fused-ring (bicyclic) bond motifs is 1. The molecule has 2 aliphatic rings. The van der Waals surface area contributed by atoms with Crippen LogP contribution in [0.1, 0.15) is 32.6 Å². The second-order valence-electron chi connectivity index (χ2n) is 8.71. The van der Waals surface area contributed by atoms with E-state index in [0.717, 1.165) is 12.8 Å². The van der Waals surface area contributed by atoms with Crippen molar-refractivity contribution in [1.29, 1.82) is 0 Å². The number of aliphatic hydroxyl groups excluding tert-OH is 1. The summed E-state index contributed by atoms with van der Waals surface area (Å²) in [5.41, 5.74) is 0.610. The predicted molar refractivity (Wildman–Crippen MR) is 126 cm³/mol. The van der Waals surface area contributed by atoms with Crippen molar-refractivity contribution in [2.75, 3.05) is 32.6 Å². The van der Waals surface area contributed by atoms with Crippen LogP contribution in [0.3, 0.4) is 0 Å². The van der Waals surface area contributed by atoms with Gasteiger partial charge in [-0.05, 0) is 49.4 Å². The quantitative estimate of drug-likeness (QED) is 0.369. The molecule has 1 fully saturated rings. The number of unbranched alkanes of at least 4 members (excludes halogenated alkanes) is 1. The molecule has 3 N–H and O–H groups in total. The maximum absolute atomic E-state index is 13.6. The molecule has 3 rings (SSSR count). The number of anilines is 1. The van der Waals surface area contributed by atoms with Gasteiger partial charge in [0, 0.05) is 31.8 Å². The fourth-order valence-corrected chi connectivity index (χ4v) is 5.16. The lowest BCUT2D eigenvalue weighted by Crippen LogP contribution is -2.45. The maximum Gasteiger partial charge on any atom is 0.247 e. The van der Waals surface area contributed by atoms with Gasteiger partial charge in [-0.2, -0.15) is 0 Å². The minimum absolute atomic E-state index is 0.0247. The highest BCUT2D eigenvalue weighted by molar-refractivity contribution is 6.01. The fraction of sp³-hybridized carbons (Fsp3) is 0.560. The molecule has 33 heavy (non-hydrogen) atoms. The number of carbonyl (C=O) groups excluding carboxylic acids is 3. The normalized spacial score (nSPS) is 26.1. The van der Waals surface area contributed by atoms with Gasteiger partial charge >= 0.3 is 0 Å². The van der Waals surface area contributed by atoms with Gasteiger partial charge in [0.15, 0.2) is 0 Å². The molecule has 1 aliphatic carbocycles. The first-order chi connectivity index (χ1) is 16.0. The van der Waals surface area contributed by atoms with Gasteiger partial charge in [-0.15, -0.1) is 0 Å². The van der Waals surface area contributed by atoms with E-state index in [0.29, 0.717) is 30.8 Å². The molecule has 5 atom stereocenters. The van der Waals surface area contributed by atoms with Crippen LogP contribution in [0.5, 0.6) is 5.75 Å². The van der Waals surface area contributed by atoms with Crippen molar-refractivity contribution in [3.8, 4) is 5.75 Å². The van der Waals surface area contributed by atoms with E-state index in [1.165, 1.54) is 0 Å². The first-order valence-electron chi connectivity index (χ1n) is 11.7. The lowest BCUT2D eigenvalue weighted by molar-refractivity contribution is -0.140. The Bertz CT molecular complexity index is 869. The number of ether oxygens (including phenoxy) is 1. The van der Waals surface area contributed by atoms with Crippen LogP contribution in [-0.2, 0) is 14.4 Å². The van der Waals surface area contributed by atoms with Crippen LogP contribution in [0.2, 0.25) is 0 Å². The van der Waals surface area contributed by atoms with Crippen LogP contribution >= 0.6 is 0 Å². The number of hydrogen-bond donors (Lipinski definition) is 3. The molecular formula is C25H35N3O5. The molecule has 8 heteroatoms. The van der Waals surface area contributed by atoms with E-state index < -0.39 is 17.9 Å². The number of nitrogens with zero attached hydrogens (tertiary/aromatic N) is 1. The molecule has 0 saturated carbocycles. The number of methoxy groups -OCH3 is 1. The van der Waals surface area contributed by atoms with Crippen LogP contribution < -0.4 is 15.4 Å². The Morgan fingerprint density at radius 1 is 1.12 bits per heavy atom. The van der Waals surface area contributed by atoms with Gasteiger partial charge in [0.2, 0.25) is 17.7 Å². The molecule has 1 heterocycles. The molecule has 1 aromatic carbocycles. The van der Waals surface area contributed by atoms with Crippen molar-refractivity contribution in [2.45, 2.75) is 38.6 Å². The monoisotopic (exact) mass is 457 g/mol. The summed E-state index contributed by atoms with van der Waals surface area (Å²) in [5.74, 6) is -1.42. The molecule has 0 bridgehead atoms. The van der Waals surface area contributed by atoms with E-state index in [4.69, 9.17) is 4.74 Å². The highest BCUT2D eigenvalue weighted by Crippen LogP contribution is 2.45. The Morgan fingerprint density at radius 3 is 2.45 bits per heavy atom. The maximum atomic E-state index is 13.6. The summed E-state index contributed by atoms with van der Waals surface area (Å²) in [7, 11) is 3.16. The van der Waals surface area contributed by atoms with Crippen molar-refractivity contribution in [1.82, 2.24) is 10.2 Å². The minimum Gasteiger partial charge on any atom is -0.497 e. The summed E-state index contributed by atoms with van der Waals surface area (Å²) in [6, 6.07) is 6.31. The number of aliphatic hydroxyl groups is 1. The van der Waals surface area contributed by atoms with Gasteiger partial charge < -0.3 is 25.4 Å². The number of rotatable bonds is 10. The van der Waals surface area contributed by atoms with E-state index >= 15 is 0 Å². The van der Waals surface area contributed by atoms with E-state index in [-0.39, 0.29) is 36.2 Å². The van der Waals surface area contributed by atoms with E-state index in [1.54, 1.807) is 43.3 Å². The molecule has 3 amide bonds. The average molecular weight is 458 g/mol. The number of hydrogen-bond acceptors (Lipinski definition) is 5. The highest BCUT2D eigenvalue weighted by Gasteiger charge is 2.56. The van der Waals surface area contributed by atoms with Crippen molar-refractivity contribution >= 4 is 23.4 Å². The Kier molecular flexibility index (Phi) is 8.49. The third kappa shape index (κ3) is 5.21. The van der Waals surface area contributed by atoms with Gasteiger partial charge in [0.1, 0.15) is 11.8 Å². The van der Waals surface area contributed by atoms with Gasteiger partial charge in [0.25, 0.3) is 0 Å². The van der Waals surface area contributed by atoms with Crippen LogP contribution in [-0.4, -0.2) is 61.1 Å². The highest BCUT2D eigenvalue weighted by atomic mass is 16.5. The molecule has 1 aliphatic heterocycles. The zero-order valence-corrected chi connectivity index (χ0v) is 19.6. The largest absolute Gasteiger partial charge is 0.497 e. The van der Waals surface area contributed by atoms with Crippen molar-refractivity contribution < 1.29 is 24.2 Å². The third-order valence-corrected chi connectivity index (χ3v) is 6.72. The van der Waals surface area contributed by atoms with Crippen molar-refractivity contribution in [3.63, 3.8) is 0 Å². The molecule has 180 valence electrons. The SMILES string of the molecule is CCC[C@@H]1C=C[C@H]2[C@H](C(=O)N(CCCCO)[C@@H]2C(=O)Nc2ccc(OC)cc2)[C@@H]1C(=O)NC. The third-order valence-electron chi connectivity index (χ3n) is 6.72. The molecular weight excluding hydrogens is 422 g/mol. The summed E-state index contributed by atoms with van der Waals surface area (Å²) < 4.78 is 5.17. The summed E-state index contributed by atoms with van der Waals surface area (Å²) >= 11 is 0. The van der Waals surface area contributed by atoms with Gasteiger partial charge in [-0.25, -0.2) is 0 Å². The second kappa shape index (κ2) is 11.3. The van der Waals surface area contributed by atoms with E-state index in [2.05, 4.69) is 17.6 Å². The first-order valence-corrected chi connectivity index (χ1v) is 11.7.